The summed E-state index contributed by atoms with van der Waals surface area (Å²) in [6.45, 7) is 4.55. The Hall–Kier alpha value is -3.64. The van der Waals surface area contributed by atoms with E-state index in [0.29, 0.717) is 23.6 Å². The van der Waals surface area contributed by atoms with Gasteiger partial charge in [-0.3, -0.25) is 9.59 Å². The zero-order valence-corrected chi connectivity index (χ0v) is 20.0. The van der Waals surface area contributed by atoms with Crippen LogP contribution < -0.4 is 10.2 Å². The standard InChI is InChI=1S/C27H27ClN4O2/c1-19(2)32(22-11-4-3-5-12-22)26(33)18-31-24-14-7-6-13-23(24)30-25(31)15-16-29-27(34)20-9-8-10-21(28)17-20/h3-14,17,19H,15-16,18H2,1-2H3,(H,29,34). The first-order chi connectivity index (χ1) is 16.4. The summed E-state index contributed by atoms with van der Waals surface area (Å²) in [5, 5.41) is 3.44. The van der Waals surface area contributed by atoms with E-state index in [0.717, 1.165) is 22.5 Å². The van der Waals surface area contributed by atoms with Gasteiger partial charge in [0.15, 0.2) is 0 Å². The molecule has 6 nitrogen and oxygen atoms in total. The van der Waals surface area contributed by atoms with Crippen LogP contribution in [-0.4, -0.2) is 34.0 Å². The number of hydrogen-bond donors (Lipinski definition) is 1. The Labute approximate surface area is 204 Å². The molecule has 4 aromatic rings. The molecule has 174 valence electrons. The number of fused-ring (bicyclic) bond motifs is 1. The van der Waals surface area contributed by atoms with Gasteiger partial charge in [0.25, 0.3) is 5.91 Å². The van der Waals surface area contributed by atoms with Gasteiger partial charge < -0.3 is 14.8 Å². The maximum atomic E-state index is 13.4. The van der Waals surface area contributed by atoms with E-state index in [4.69, 9.17) is 16.6 Å². The maximum absolute atomic E-state index is 13.4. The lowest BCUT2D eigenvalue weighted by molar-refractivity contribution is -0.119. The van der Waals surface area contributed by atoms with Crippen molar-refractivity contribution in [2.24, 2.45) is 0 Å². The number of para-hydroxylation sites is 3. The molecule has 1 heterocycles. The zero-order valence-electron chi connectivity index (χ0n) is 19.2. The minimum atomic E-state index is -0.198. The summed E-state index contributed by atoms with van der Waals surface area (Å²) in [5.74, 6) is 0.530. The van der Waals surface area contributed by atoms with Crippen LogP contribution in [0, 0.1) is 0 Å². The predicted molar refractivity (Wildman–Crippen MR) is 136 cm³/mol. The molecule has 0 aliphatic heterocycles. The van der Waals surface area contributed by atoms with Gasteiger partial charge in [-0.2, -0.15) is 0 Å². The fourth-order valence-corrected chi connectivity index (χ4v) is 4.23. The number of carbonyl (C=O) groups is 2. The molecule has 0 saturated heterocycles. The number of nitrogens with zero attached hydrogens (tertiary/aromatic N) is 3. The molecular weight excluding hydrogens is 448 g/mol. The highest BCUT2D eigenvalue weighted by molar-refractivity contribution is 6.30. The van der Waals surface area contributed by atoms with Crippen molar-refractivity contribution in [3.63, 3.8) is 0 Å². The molecule has 0 bridgehead atoms. The third-order valence-electron chi connectivity index (χ3n) is 5.57. The number of anilines is 1. The average Bonchev–Trinajstić information content (AvgIpc) is 3.16. The van der Waals surface area contributed by atoms with E-state index in [-0.39, 0.29) is 24.4 Å². The molecule has 1 aromatic heterocycles. The maximum Gasteiger partial charge on any atom is 0.251 e. The highest BCUT2D eigenvalue weighted by Gasteiger charge is 2.22. The first-order valence-electron chi connectivity index (χ1n) is 11.3. The molecule has 0 spiro atoms. The number of carbonyl (C=O) groups excluding carboxylic acids is 2. The van der Waals surface area contributed by atoms with Crippen molar-refractivity contribution in [3.05, 3.63) is 95.3 Å². The van der Waals surface area contributed by atoms with Crippen LogP contribution in [0.15, 0.2) is 78.9 Å². The number of rotatable bonds is 8. The second-order valence-corrected chi connectivity index (χ2v) is 8.75. The fraction of sp³-hybridized carbons (Fsp3) is 0.222. The van der Waals surface area contributed by atoms with Crippen LogP contribution in [0.3, 0.4) is 0 Å². The second kappa shape index (κ2) is 10.5. The molecular formula is C27H27ClN4O2. The van der Waals surface area contributed by atoms with Crippen LogP contribution in [0.5, 0.6) is 0 Å². The van der Waals surface area contributed by atoms with Crippen molar-refractivity contribution < 1.29 is 9.59 Å². The number of benzene rings is 3. The van der Waals surface area contributed by atoms with Gasteiger partial charge in [-0.25, -0.2) is 4.98 Å². The number of amides is 2. The molecule has 3 aromatic carbocycles. The molecule has 0 radical (unpaired) electrons. The molecule has 0 aliphatic carbocycles. The van der Waals surface area contributed by atoms with Crippen LogP contribution >= 0.6 is 11.6 Å². The van der Waals surface area contributed by atoms with Gasteiger partial charge in [0.05, 0.1) is 11.0 Å². The third kappa shape index (κ3) is 5.29. The van der Waals surface area contributed by atoms with Crippen LogP contribution in [0.1, 0.15) is 30.0 Å². The van der Waals surface area contributed by atoms with E-state index in [2.05, 4.69) is 5.32 Å². The fourth-order valence-electron chi connectivity index (χ4n) is 4.04. The summed E-state index contributed by atoms with van der Waals surface area (Å²) < 4.78 is 1.95. The second-order valence-electron chi connectivity index (χ2n) is 8.31. The Bertz CT molecular complexity index is 1300. The number of nitrogens with one attached hydrogen (secondary N) is 1. The largest absolute Gasteiger partial charge is 0.352 e. The minimum absolute atomic E-state index is 0.00474. The first kappa shape index (κ1) is 23.5. The molecule has 0 atom stereocenters. The summed E-state index contributed by atoms with van der Waals surface area (Å²) in [5.41, 5.74) is 3.08. The van der Waals surface area contributed by atoms with Crippen LogP contribution in [0.2, 0.25) is 5.02 Å². The Morgan fingerprint density at radius 2 is 1.74 bits per heavy atom. The molecule has 7 heteroatoms. The van der Waals surface area contributed by atoms with Crippen molar-refractivity contribution in [1.29, 1.82) is 0 Å². The SMILES string of the molecule is CC(C)N(C(=O)Cn1c(CCNC(=O)c2cccc(Cl)c2)nc2ccccc21)c1ccccc1. The van der Waals surface area contributed by atoms with Crippen molar-refractivity contribution in [2.45, 2.75) is 32.9 Å². The minimum Gasteiger partial charge on any atom is -0.352 e. The number of aromatic nitrogens is 2. The van der Waals surface area contributed by atoms with Gasteiger partial charge in [-0.15, -0.1) is 0 Å². The normalized spacial score (nSPS) is 11.1. The van der Waals surface area contributed by atoms with E-state index in [1.165, 1.54) is 0 Å². The van der Waals surface area contributed by atoms with Gasteiger partial charge in [0, 0.05) is 35.3 Å². The molecule has 2 amide bonds. The average molecular weight is 475 g/mol. The van der Waals surface area contributed by atoms with Crippen molar-refractivity contribution >= 4 is 40.1 Å². The van der Waals surface area contributed by atoms with E-state index >= 15 is 0 Å². The zero-order chi connectivity index (χ0) is 24.1. The lowest BCUT2D eigenvalue weighted by Crippen LogP contribution is -2.39. The van der Waals surface area contributed by atoms with E-state index in [1.807, 2.05) is 73.0 Å². The van der Waals surface area contributed by atoms with Crippen molar-refractivity contribution in [3.8, 4) is 0 Å². The summed E-state index contributed by atoms with van der Waals surface area (Å²) in [4.78, 5) is 32.5. The highest BCUT2D eigenvalue weighted by Crippen LogP contribution is 2.21. The van der Waals surface area contributed by atoms with Crippen LogP contribution in [0.4, 0.5) is 5.69 Å². The number of halogens is 1. The monoisotopic (exact) mass is 474 g/mol. The molecule has 0 fully saturated rings. The number of imidazole rings is 1. The van der Waals surface area contributed by atoms with Crippen LogP contribution in [-0.2, 0) is 17.8 Å². The first-order valence-corrected chi connectivity index (χ1v) is 11.7. The summed E-state index contributed by atoms with van der Waals surface area (Å²) in [7, 11) is 0. The highest BCUT2D eigenvalue weighted by atomic mass is 35.5. The Balaban J connectivity index is 1.54. The predicted octanol–water partition coefficient (Wildman–Crippen LogP) is 5.10. The van der Waals surface area contributed by atoms with Gasteiger partial charge in [-0.1, -0.05) is 48.0 Å². The molecule has 34 heavy (non-hydrogen) atoms. The lowest BCUT2D eigenvalue weighted by Gasteiger charge is -2.27. The summed E-state index contributed by atoms with van der Waals surface area (Å²) >= 11 is 6.00. The van der Waals surface area contributed by atoms with Gasteiger partial charge in [0.1, 0.15) is 12.4 Å². The van der Waals surface area contributed by atoms with E-state index in [1.54, 1.807) is 29.2 Å². The van der Waals surface area contributed by atoms with Crippen molar-refractivity contribution in [1.82, 2.24) is 14.9 Å². The van der Waals surface area contributed by atoms with Crippen molar-refractivity contribution in [2.75, 3.05) is 11.4 Å². The van der Waals surface area contributed by atoms with Crippen LogP contribution in [0.25, 0.3) is 11.0 Å². The Morgan fingerprint density at radius 1 is 1.00 bits per heavy atom. The Morgan fingerprint density at radius 3 is 2.47 bits per heavy atom. The summed E-state index contributed by atoms with van der Waals surface area (Å²) in [6, 6.07) is 24.3. The summed E-state index contributed by atoms with van der Waals surface area (Å²) in [6.07, 6.45) is 0.487. The molecule has 4 rings (SSSR count). The molecule has 0 saturated carbocycles. The topological polar surface area (TPSA) is 67.2 Å². The lowest BCUT2D eigenvalue weighted by atomic mass is 10.2. The molecule has 0 unspecified atom stereocenters. The molecule has 0 aliphatic rings. The Kier molecular flexibility index (Phi) is 7.28. The van der Waals surface area contributed by atoms with Gasteiger partial charge in [-0.05, 0) is 56.3 Å². The van der Waals surface area contributed by atoms with Gasteiger partial charge in [0.2, 0.25) is 5.91 Å². The van der Waals surface area contributed by atoms with E-state index in [9.17, 15) is 9.59 Å². The van der Waals surface area contributed by atoms with E-state index < -0.39 is 0 Å². The quantitative estimate of drug-likeness (QED) is 0.386. The third-order valence-corrected chi connectivity index (χ3v) is 5.80. The number of hydrogen-bond acceptors (Lipinski definition) is 3. The smallest absolute Gasteiger partial charge is 0.251 e. The van der Waals surface area contributed by atoms with Gasteiger partial charge >= 0.3 is 0 Å². The molecule has 1 N–H and O–H groups in total.